The summed E-state index contributed by atoms with van der Waals surface area (Å²) in [4.78, 5) is 4.36. The van der Waals surface area contributed by atoms with Crippen LogP contribution >= 0.6 is 34.0 Å². The SMILES string of the molecule is CN(C)C1NC(N(C)C)SS1.Cl. The van der Waals surface area contributed by atoms with Gasteiger partial charge in [0.15, 0.2) is 0 Å². The number of hydrogen-bond acceptors (Lipinski definition) is 5. The molecule has 3 nitrogen and oxygen atoms in total. The van der Waals surface area contributed by atoms with Gasteiger partial charge in [-0.25, -0.2) is 0 Å². The second-order valence-corrected chi connectivity index (χ2v) is 5.42. The maximum absolute atomic E-state index is 3.47. The second kappa shape index (κ2) is 5.57. The van der Waals surface area contributed by atoms with E-state index in [1.165, 1.54) is 0 Å². The molecule has 0 aromatic carbocycles. The van der Waals surface area contributed by atoms with Crippen molar-refractivity contribution in [2.75, 3.05) is 28.2 Å². The lowest BCUT2D eigenvalue weighted by Gasteiger charge is -2.21. The molecule has 12 heavy (non-hydrogen) atoms. The third-order valence-electron chi connectivity index (χ3n) is 1.46. The van der Waals surface area contributed by atoms with Crippen LogP contribution in [0.1, 0.15) is 0 Å². The van der Waals surface area contributed by atoms with E-state index in [4.69, 9.17) is 0 Å². The number of hydrogen-bond donors (Lipinski definition) is 1. The van der Waals surface area contributed by atoms with Crippen LogP contribution in [0.5, 0.6) is 0 Å². The van der Waals surface area contributed by atoms with Crippen LogP contribution < -0.4 is 5.32 Å². The molecule has 2 atom stereocenters. The first-order valence-corrected chi connectivity index (χ1v) is 5.80. The minimum Gasteiger partial charge on any atom is -0.285 e. The average molecular weight is 230 g/mol. The molecular weight excluding hydrogens is 214 g/mol. The highest BCUT2D eigenvalue weighted by Crippen LogP contribution is 2.37. The molecular formula is C6H16ClN3S2. The van der Waals surface area contributed by atoms with Crippen molar-refractivity contribution < 1.29 is 0 Å². The molecule has 0 aliphatic carbocycles. The van der Waals surface area contributed by atoms with Crippen LogP contribution in [0.2, 0.25) is 0 Å². The highest BCUT2D eigenvalue weighted by molar-refractivity contribution is 8.77. The van der Waals surface area contributed by atoms with Crippen LogP contribution in [0, 0.1) is 0 Å². The zero-order valence-electron chi connectivity index (χ0n) is 7.77. The largest absolute Gasteiger partial charge is 0.285 e. The summed E-state index contributed by atoms with van der Waals surface area (Å²) >= 11 is 0. The summed E-state index contributed by atoms with van der Waals surface area (Å²) in [5, 5.41) is 3.47. The summed E-state index contributed by atoms with van der Waals surface area (Å²) in [6, 6.07) is 0. The lowest BCUT2D eigenvalue weighted by Crippen LogP contribution is -2.43. The minimum absolute atomic E-state index is 0. The van der Waals surface area contributed by atoms with Crippen LogP contribution in [-0.4, -0.2) is 49.0 Å². The van der Waals surface area contributed by atoms with Crippen molar-refractivity contribution in [1.82, 2.24) is 15.1 Å². The first-order chi connectivity index (χ1) is 5.11. The molecule has 0 bridgehead atoms. The van der Waals surface area contributed by atoms with Crippen molar-refractivity contribution in [3.05, 3.63) is 0 Å². The molecule has 1 aliphatic rings. The lowest BCUT2D eigenvalue weighted by molar-refractivity contribution is 0.266. The molecule has 2 unspecified atom stereocenters. The fourth-order valence-corrected chi connectivity index (χ4v) is 3.76. The summed E-state index contributed by atoms with van der Waals surface area (Å²) in [6.45, 7) is 0. The van der Waals surface area contributed by atoms with E-state index < -0.39 is 0 Å². The molecule has 0 radical (unpaired) electrons. The molecule has 1 saturated heterocycles. The Morgan fingerprint density at radius 3 is 1.42 bits per heavy atom. The second-order valence-electron chi connectivity index (χ2n) is 2.99. The van der Waals surface area contributed by atoms with Crippen LogP contribution in [0.25, 0.3) is 0 Å². The van der Waals surface area contributed by atoms with Gasteiger partial charge in [0.1, 0.15) is 11.0 Å². The third kappa shape index (κ3) is 3.32. The van der Waals surface area contributed by atoms with Crippen LogP contribution in [0.15, 0.2) is 0 Å². The molecule has 0 aromatic heterocycles. The van der Waals surface area contributed by atoms with E-state index in [9.17, 15) is 0 Å². The summed E-state index contributed by atoms with van der Waals surface area (Å²) in [5.41, 5.74) is 0.903. The summed E-state index contributed by atoms with van der Waals surface area (Å²) < 4.78 is 0. The molecule has 0 spiro atoms. The van der Waals surface area contributed by atoms with Crippen LogP contribution in [0.4, 0.5) is 0 Å². The molecule has 74 valence electrons. The van der Waals surface area contributed by atoms with Crippen molar-refractivity contribution in [2.45, 2.75) is 11.0 Å². The summed E-state index contributed by atoms with van der Waals surface area (Å²) in [5.74, 6) is 0. The standard InChI is InChI=1S/C6H15N3S2.ClH/c1-8(2)5-7-6(9(3)4)11-10-5;/h5-7H,1-4H3;1H. The molecule has 1 N–H and O–H groups in total. The van der Waals surface area contributed by atoms with E-state index in [-0.39, 0.29) is 12.4 Å². The highest BCUT2D eigenvalue weighted by atomic mass is 35.5. The average Bonchev–Trinajstić information content (AvgIpc) is 2.33. The van der Waals surface area contributed by atoms with E-state index in [2.05, 4.69) is 43.3 Å². The van der Waals surface area contributed by atoms with Gasteiger partial charge in [-0.05, 0) is 28.2 Å². The van der Waals surface area contributed by atoms with Gasteiger partial charge in [0.25, 0.3) is 0 Å². The van der Waals surface area contributed by atoms with Crippen LogP contribution in [-0.2, 0) is 0 Å². The predicted octanol–water partition coefficient (Wildman–Crippen LogP) is 1.08. The number of rotatable bonds is 2. The van der Waals surface area contributed by atoms with E-state index in [0.717, 1.165) is 0 Å². The number of nitrogens with zero attached hydrogens (tertiary/aromatic N) is 2. The zero-order chi connectivity index (χ0) is 8.43. The fourth-order valence-electron chi connectivity index (χ4n) is 0.753. The molecule has 1 heterocycles. The Balaban J connectivity index is 0.00000121. The smallest absolute Gasteiger partial charge is 0.120 e. The van der Waals surface area contributed by atoms with E-state index >= 15 is 0 Å². The first-order valence-electron chi connectivity index (χ1n) is 3.52. The van der Waals surface area contributed by atoms with Gasteiger partial charge in [-0.3, -0.25) is 15.1 Å². The van der Waals surface area contributed by atoms with Gasteiger partial charge >= 0.3 is 0 Å². The number of halogens is 1. The normalized spacial score (nSPS) is 29.5. The maximum atomic E-state index is 3.47. The van der Waals surface area contributed by atoms with Gasteiger partial charge in [0.2, 0.25) is 0 Å². The molecule has 1 fully saturated rings. The summed E-state index contributed by atoms with van der Waals surface area (Å²) in [6.07, 6.45) is 0. The maximum Gasteiger partial charge on any atom is 0.120 e. The van der Waals surface area contributed by atoms with Crippen molar-refractivity contribution in [1.29, 1.82) is 0 Å². The Morgan fingerprint density at radius 2 is 1.25 bits per heavy atom. The Labute approximate surface area is 88.4 Å². The van der Waals surface area contributed by atoms with E-state index in [0.29, 0.717) is 11.0 Å². The molecule has 1 aliphatic heterocycles. The Hall–Kier alpha value is 0.870. The third-order valence-corrected chi connectivity index (χ3v) is 4.48. The topological polar surface area (TPSA) is 18.5 Å². The lowest BCUT2D eigenvalue weighted by atomic mass is 10.8. The van der Waals surface area contributed by atoms with Gasteiger partial charge in [0.05, 0.1) is 0 Å². The Morgan fingerprint density at radius 1 is 0.917 bits per heavy atom. The molecule has 6 heteroatoms. The van der Waals surface area contributed by atoms with Crippen LogP contribution in [0.3, 0.4) is 0 Å². The monoisotopic (exact) mass is 229 g/mol. The van der Waals surface area contributed by atoms with Gasteiger partial charge in [-0.15, -0.1) is 12.4 Å². The van der Waals surface area contributed by atoms with Gasteiger partial charge in [0, 0.05) is 0 Å². The highest BCUT2D eigenvalue weighted by Gasteiger charge is 2.27. The fraction of sp³-hybridized carbons (Fsp3) is 1.00. The molecule has 0 saturated carbocycles. The summed E-state index contributed by atoms with van der Waals surface area (Å²) in [7, 11) is 12.1. The zero-order valence-corrected chi connectivity index (χ0v) is 10.2. The van der Waals surface area contributed by atoms with Crippen molar-refractivity contribution in [2.24, 2.45) is 0 Å². The van der Waals surface area contributed by atoms with Crippen molar-refractivity contribution in [3.63, 3.8) is 0 Å². The predicted molar refractivity (Wildman–Crippen MR) is 60.5 cm³/mol. The van der Waals surface area contributed by atoms with Gasteiger partial charge < -0.3 is 0 Å². The van der Waals surface area contributed by atoms with E-state index in [1.54, 1.807) is 0 Å². The van der Waals surface area contributed by atoms with Crippen molar-refractivity contribution in [3.8, 4) is 0 Å². The first kappa shape index (κ1) is 12.9. The molecule has 0 amide bonds. The quantitative estimate of drug-likeness (QED) is 0.713. The minimum atomic E-state index is 0. The van der Waals surface area contributed by atoms with Gasteiger partial charge in [-0.1, -0.05) is 21.6 Å². The Bertz CT molecular complexity index is 120. The Kier molecular flexibility index (Phi) is 5.97. The van der Waals surface area contributed by atoms with E-state index in [1.807, 2.05) is 21.6 Å². The molecule has 0 aromatic rings. The van der Waals surface area contributed by atoms with Crippen molar-refractivity contribution >= 4 is 34.0 Å². The number of nitrogens with one attached hydrogen (secondary N) is 1. The molecule has 1 rings (SSSR count). The van der Waals surface area contributed by atoms with Gasteiger partial charge in [-0.2, -0.15) is 0 Å².